The monoisotopic (exact) mass is 376 g/mol. The van der Waals surface area contributed by atoms with Crippen LogP contribution in [0.25, 0.3) is 0 Å². The van der Waals surface area contributed by atoms with Crippen LogP contribution in [-0.4, -0.2) is 25.0 Å². The van der Waals surface area contributed by atoms with Crippen LogP contribution in [0.15, 0.2) is 42.5 Å². The predicted molar refractivity (Wildman–Crippen MR) is 94.6 cm³/mol. The van der Waals surface area contributed by atoms with E-state index in [4.69, 9.17) is 33.2 Å². The Morgan fingerprint density at radius 1 is 1.20 bits per heavy atom. The Hall–Kier alpha value is -2.55. The van der Waals surface area contributed by atoms with Gasteiger partial charge in [0.1, 0.15) is 6.04 Å². The van der Waals surface area contributed by atoms with Crippen LogP contribution in [0.5, 0.6) is 0 Å². The van der Waals surface area contributed by atoms with Crippen LogP contribution in [-0.2, 0) is 16.0 Å². The lowest BCUT2D eigenvalue weighted by Crippen LogP contribution is -2.43. The van der Waals surface area contributed by atoms with Crippen molar-refractivity contribution in [2.75, 3.05) is 7.11 Å². The molecular weight excluding hydrogens is 363 g/mol. The molecule has 0 spiro atoms. The van der Waals surface area contributed by atoms with Gasteiger partial charge in [-0.25, -0.2) is 4.79 Å². The second kappa shape index (κ2) is 8.52. The summed E-state index contributed by atoms with van der Waals surface area (Å²) in [5.41, 5.74) is 1.42. The van der Waals surface area contributed by atoms with Crippen LogP contribution in [0, 0.1) is 11.3 Å². The Morgan fingerprint density at radius 2 is 1.88 bits per heavy atom. The van der Waals surface area contributed by atoms with Crippen LogP contribution in [0.3, 0.4) is 0 Å². The van der Waals surface area contributed by atoms with Gasteiger partial charge in [0.05, 0.1) is 18.7 Å². The molecule has 0 aliphatic rings. The van der Waals surface area contributed by atoms with Gasteiger partial charge in [0.15, 0.2) is 0 Å². The van der Waals surface area contributed by atoms with Crippen molar-refractivity contribution in [1.29, 1.82) is 5.26 Å². The molecule has 0 aliphatic carbocycles. The van der Waals surface area contributed by atoms with Crippen LogP contribution in [0.1, 0.15) is 21.5 Å². The first-order valence-electron chi connectivity index (χ1n) is 7.27. The highest BCUT2D eigenvalue weighted by molar-refractivity contribution is 6.35. The Bertz CT molecular complexity index is 829. The minimum absolute atomic E-state index is 0.157. The first-order valence-corrected chi connectivity index (χ1v) is 8.03. The maximum absolute atomic E-state index is 12.3. The molecule has 0 aliphatic heterocycles. The number of amides is 1. The van der Waals surface area contributed by atoms with Crippen LogP contribution >= 0.6 is 23.2 Å². The molecule has 1 N–H and O–H groups in total. The highest BCUT2D eigenvalue weighted by Crippen LogP contribution is 2.22. The Balaban J connectivity index is 2.18. The molecule has 128 valence electrons. The lowest BCUT2D eigenvalue weighted by Gasteiger charge is -2.17. The van der Waals surface area contributed by atoms with Crippen molar-refractivity contribution in [3.05, 3.63) is 69.2 Å². The number of nitrogens with zero attached hydrogens (tertiary/aromatic N) is 1. The van der Waals surface area contributed by atoms with Gasteiger partial charge in [0, 0.05) is 22.0 Å². The Labute approximate surface area is 155 Å². The SMILES string of the molecule is COC(=O)[C@H](Cc1ccc(Cl)cc1Cl)NC(=O)c1ccc(C#N)cc1. The number of benzene rings is 2. The number of carbonyl (C=O) groups is 2. The largest absolute Gasteiger partial charge is 0.467 e. The van der Waals surface area contributed by atoms with E-state index in [9.17, 15) is 9.59 Å². The summed E-state index contributed by atoms with van der Waals surface area (Å²) in [7, 11) is 1.24. The first kappa shape index (κ1) is 18.8. The second-order valence-electron chi connectivity index (χ2n) is 5.18. The summed E-state index contributed by atoms with van der Waals surface area (Å²) in [4.78, 5) is 24.4. The summed E-state index contributed by atoms with van der Waals surface area (Å²) in [6.07, 6.45) is 0.157. The van der Waals surface area contributed by atoms with E-state index >= 15 is 0 Å². The molecule has 0 aromatic heterocycles. The number of ether oxygens (including phenoxy) is 1. The molecule has 0 saturated heterocycles. The fourth-order valence-electron chi connectivity index (χ4n) is 2.18. The second-order valence-corrected chi connectivity index (χ2v) is 6.02. The maximum Gasteiger partial charge on any atom is 0.328 e. The summed E-state index contributed by atoms with van der Waals surface area (Å²) in [6, 6.07) is 12.0. The molecular formula is C18H14Cl2N2O3. The van der Waals surface area contributed by atoms with E-state index in [-0.39, 0.29) is 6.42 Å². The average Bonchev–Trinajstić information content (AvgIpc) is 2.62. The number of rotatable bonds is 5. The van der Waals surface area contributed by atoms with Gasteiger partial charge in [-0.1, -0.05) is 29.3 Å². The smallest absolute Gasteiger partial charge is 0.328 e. The molecule has 0 bridgehead atoms. The van der Waals surface area contributed by atoms with Crippen LogP contribution in [0.4, 0.5) is 0 Å². The molecule has 7 heteroatoms. The Morgan fingerprint density at radius 3 is 2.44 bits per heavy atom. The normalized spacial score (nSPS) is 11.3. The van der Waals surface area contributed by atoms with E-state index in [0.717, 1.165) is 0 Å². The molecule has 1 amide bonds. The number of hydrogen-bond acceptors (Lipinski definition) is 4. The van der Waals surface area contributed by atoms with E-state index in [1.165, 1.54) is 31.4 Å². The van der Waals surface area contributed by atoms with Crippen molar-refractivity contribution in [1.82, 2.24) is 5.32 Å². The standard InChI is InChI=1S/C18H14Cl2N2O3/c1-25-18(24)16(8-13-6-7-14(19)9-15(13)20)22-17(23)12-4-2-11(10-21)3-5-12/h2-7,9,16H,8H2,1H3,(H,22,23)/t16-/m0/s1. The highest BCUT2D eigenvalue weighted by Gasteiger charge is 2.23. The molecule has 0 heterocycles. The summed E-state index contributed by atoms with van der Waals surface area (Å²) >= 11 is 12.0. The highest BCUT2D eigenvalue weighted by atomic mass is 35.5. The molecule has 2 aromatic carbocycles. The van der Waals surface area contributed by atoms with E-state index in [2.05, 4.69) is 5.32 Å². The number of halogens is 2. The third-order valence-corrected chi connectivity index (χ3v) is 4.09. The lowest BCUT2D eigenvalue weighted by atomic mass is 10.0. The van der Waals surface area contributed by atoms with Crippen LogP contribution < -0.4 is 5.32 Å². The predicted octanol–water partition coefficient (Wildman–Crippen LogP) is 3.38. The third kappa shape index (κ3) is 4.96. The molecule has 2 rings (SSSR count). The van der Waals surface area contributed by atoms with Gasteiger partial charge in [-0.15, -0.1) is 0 Å². The van der Waals surface area contributed by atoms with Gasteiger partial charge in [-0.3, -0.25) is 4.79 Å². The van der Waals surface area contributed by atoms with Gasteiger partial charge in [0.25, 0.3) is 5.91 Å². The fraction of sp³-hybridized carbons (Fsp3) is 0.167. The maximum atomic E-state index is 12.3. The summed E-state index contributed by atoms with van der Waals surface area (Å²) in [5, 5.41) is 12.3. The molecule has 0 unspecified atom stereocenters. The molecule has 0 fully saturated rings. The molecule has 0 saturated carbocycles. The Kier molecular flexibility index (Phi) is 6.40. The van der Waals surface area contributed by atoms with Gasteiger partial charge >= 0.3 is 5.97 Å². The molecule has 0 radical (unpaired) electrons. The topological polar surface area (TPSA) is 79.2 Å². The zero-order valence-corrected chi connectivity index (χ0v) is 14.8. The number of esters is 1. The van der Waals surface area contributed by atoms with E-state index in [0.29, 0.717) is 26.7 Å². The van der Waals surface area contributed by atoms with Gasteiger partial charge in [0.2, 0.25) is 0 Å². The number of hydrogen-bond donors (Lipinski definition) is 1. The summed E-state index contributed by atoms with van der Waals surface area (Å²) in [5.74, 6) is -1.04. The quantitative estimate of drug-likeness (QED) is 0.811. The number of methoxy groups -OCH3 is 1. The van der Waals surface area contributed by atoms with Gasteiger partial charge in [-0.05, 0) is 42.0 Å². The van der Waals surface area contributed by atoms with Crippen molar-refractivity contribution in [3.8, 4) is 6.07 Å². The van der Waals surface area contributed by atoms with Crippen LogP contribution in [0.2, 0.25) is 10.0 Å². The zero-order valence-electron chi connectivity index (χ0n) is 13.3. The summed E-state index contributed by atoms with van der Waals surface area (Å²) < 4.78 is 4.76. The lowest BCUT2D eigenvalue weighted by molar-refractivity contribution is -0.142. The van der Waals surface area contributed by atoms with E-state index in [1.807, 2.05) is 6.07 Å². The van der Waals surface area contributed by atoms with E-state index < -0.39 is 17.9 Å². The minimum atomic E-state index is -0.910. The van der Waals surface area contributed by atoms with Gasteiger partial charge in [-0.2, -0.15) is 5.26 Å². The minimum Gasteiger partial charge on any atom is -0.467 e. The molecule has 1 atom stereocenters. The first-order chi connectivity index (χ1) is 11.9. The number of nitrogens with one attached hydrogen (secondary N) is 1. The van der Waals surface area contributed by atoms with Crippen molar-refractivity contribution < 1.29 is 14.3 Å². The molecule has 5 nitrogen and oxygen atoms in total. The van der Waals surface area contributed by atoms with E-state index in [1.54, 1.807) is 18.2 Å². The van der Waals surface area contributed by atoms with Crippen molar-refractivity contribution in [2.45, 2.75) is 12.5 Å². The van der Waals surface area contributed by atoms with Gasteiger partial charge < -0.3 is 10.1 Å². The zero-order chi connectivity index (χ0) is 18.4. The molecule has 25 heavy (non-hydrogen) atoms. The number of carbonyl (C=O) groups excluding carboxylic acids is 2. The van der Waals surface area contributed by atoms with Crippen molar-refractivity contribution in [3.63, 3.8) is 0 Å². The number of nitriles is 1. The molecule has 2 aromatic rings. The average molecular weight is 377 g/mol. The fourth-order valence-corrected chi connectivity index (χ4v) is 2.67. The van der Waals surface area contributed by atoms with Crippen molar-refractivity contribution >= 4 is 35.1 Å². The van der Waals surface area contributed by atoms with Crippen molar-refractivity contribution in [2.24, 2.45) is 0 Å². The summed E-state index contributed by atoms with van der Waals surface area (Å²) in [6.45, 7) is 0. The third-order valence-electron chi connectivity index (χ3n) is 3.51.